The number of nitrogens with one attached hydrogen (secondary N) is 1. The number of halogens is 1. The van der Waals surface area contributed by atoms with E-state index in [4.69, 9.17) is 9.52 Å². The number of rotatable bonds is 6. The molecule has 0 aliphatic heterocycles. The monoisotopic (exact) mass is 261 g/mol. The van der Waals surface area contributed by atoms with Gasteiger partial charge in [0.25, 0.3) is 0 Å². The molecule has 1 aromatic heterocycles. The van der Waals surface area contributed by atoms with Crippen LogP contribution in [0.5, 0.6) is 0 Å². The van der Waals surface area contributed by atoms with Crippen LogP contribution in [0.3, 0.4) is 0 Å². The lowest BCUT2D eigenvalue weighted by Crippen LogP contribution is -2.28. The smallest absolute Gasteiger partial charge is 0.169 e. The van der Waals surface area contributed by atoms with Crippen LogP contribution in [0.4, 0.5) is 0 Å². The number of hydrogen-bond acceptors (Lipinski definition) is 3. The summed E-state index contributed by atoms with van der Waals surface area (Å²) in [5.74, 6) is 0.910. The molecule has 0 bridgehead atoms. The van der Waals surface area contributed by atoms with E-state index in [0.29, 0.717) is 12.6 Å². The minimum absolute atomic E-state index is 0.230. The van der Waals surface area contributed by atoms with Crippen LogP contribution in [0, 0.1) is 0 Å². The summed E-state index contributed by atoms with van der Waals surface area (Å²) >= 11 is 3.25. The first-order chi connectivity index (χ1) is 6.76. The molecule has 0 saturated heterocycles. The quantitative estimate of drug-likeness (QED) is 0.826. The van der Waals surface area contributed by atoms with Gasteiger partial charge in [-0.1, -0.05) is 6.92 Å². The van der Waals surface area contributed by atoms with E-state index in [2.05, 4.69) is 28.2 Å². The van der Waals surface area contributed by atoms with Crippen molar-refractivity contribution in [2.75, 3.05) is 6.61 Å². The van der Waals surface area contributed by atoms with E-state index < -0.39 is 0 Å². The zero-order chi connectivity index (χ0) is 10.4. The van der Waals surface area contributed by atoms with Gasteiger partial charge in [0.15, 0.2) is 4.67 Å². The van der Waals surface area contributed by atoms with Gasteiger partial charge in [-0.15, -0.1) is 0 Å². The molecule has 0 spiro atoms. The van der Waals surface area contributed by atoms with Crippen molar-refractivity contribution in [2.24, 2.45) is 0 Å². The molecule has 80 valence electrons. The highest BCUT2D eigenvalue weighted by Gasteiger charge is 2.06. The Hall–Kier alpha value is -0.320. The molecule has 0 aliphatic carbocycles. The predicted octanol–water partition coefficient (Wildman–Crippen LogP) is 2.29. The van der Waals surface area contributed by atoms with E-state index in [-0.39, 0.29) is 6.61 Å². The summed E-state index contributed by atoms with van der Waals surface area (Å²) in [6.07, 6.45) is 1.81. The molecule has 1 rings (SSSR count). The van der Waals surface area contributed by atoms with Gasteiger partial charge in [-0.25, -0.2) is 0 Å². The molecule has 1 aromatic rings. The maximum Gasteiger partial charge on any atom is 0.169 e. The lowest BCUT2D eigenvalue weighted by atomic mass is 10.1. The lowest BCUT2D eigenvalue weighted by molar-refractivity contribution is 0.260. The van der Waals surface area contributed by atoms with Gasteiger partial charge in [0.1, 0.15) is 5.76 Å². The van der Waals surface area contributed by atoms with E-state index in [0.717, 1.165) is 23.3 Å². The average Bonchev–Trinajstić information content (AvgIpc) is 2.59. The average molecular weight is 262 g/mol. The van der Waals surface area contributed by atoms with Crippen LogP contribution in [-0.2, 0) is 6.54 Å². The fraction of sp³-hybridized carbons (Fsp3) is 0.600. The normalized spacial score (nSPS) is 13.1. The summed E-state index contributed by atoms with van der Waals surface area (Å²) in [5.41, 5.74) is 0. The Morgan fingerprint density at radius 3 is 2.86 bits per heavy atom. The highest BCUT2D eigenvalue weighted by atomic mass is 79.9. The number of furan rings is 1. The lowest BCUT2D eigenvalue weighted by Gasteiger charge is -2.14. The third kappa shape index (κ3) is 3.82. The molecule has 14 heavy (non-hydrogen) atoms. The van der Waals surface area contributed by atoms with Gasteiger partial charge >= 0.3 is 0 Å². The Kier molecular flexibility index (Phi) is 5.22. The van der Waals surface area contributed by atoms with Gasteiger partial charge in [0.05, 0.1) is 6.54 Å². The summed E-state index contributed by atoms with van der Waals surface area (Å²) < 4.78 is 6.10. The number of hydrogen-bond donors (Lipinski definition) is 2. The molecule has 0 radical (unpaired) electrons. The summed E-state index contributed by atoms with van der Waals surface area (Å²) in [7, 11) is 0. The predicted molar refractivity (Wildman–Crippen MR) is 59.0 cm³/mol. The van der Waals surface area contributed by atoms with Crippen molar-refractivity contribution in [3.05, 3.63) is 22.6 Å². The van der Waals surface area contributed by atoms with Crippen LogP contribution in [0.1, 0.15) is 25.5 Å². The van der Waals surface area contributed by atoms with Gasteiger partial charge < -0.3 is 14.8 Å². The van der Waals surface area contributed by atoms with Crippen molar-refractivity contribution in [1.82, 2.24) is 5.32 Å². The zero-order valence-corrected chi connectivity index (χ0v) is 9.88. The standard InChI is InChI=1S/C10H16BrNO2/c1-2-8(5-6-13)12-7-9-3-4-10(11)14-9/h3-4,8,12-13H,2,5-7H2,1H3. The minimum atomic E-state index is 0.230. The first-order valence-electron chi connectivity index (χ1n) is 4.84. The molecule has 4 heteroatoms. The molecule has 0 aliphatic rings. The Balaban J connectivity index is 2.31. The van der Waals surface area contributed by atoms with Gasteiger partial charge in [-0.05, 0) is 40.9 Å². The van der Waals surface area contributed by atoms with Crippen molar-refractivity contribution >= 4 is 15.9 Å². The molecular formula is C10H16BrNO2. The molecule has 0 fully saturated rings. The van der Waals surface area contributed by atoms with Crippen molar-refractivity contribution < 1.29 is 9.52 Å². The Morgan fingerprint density at radius 1 is 1.57 bits per heavy atom. The third-order valence-electron chi connectivity index (χ3n) is 2.16. The second kappa shape index (κ2) is 6.22. The molecule has 3 nitrogen and oxygen atoms in total. The van der Waals surface area contributed by atoms with E-state index in [1.165, 1.54) is 0 Å². The second-order valence-corrected chi connectivity index (χ2v) is 3.99. The molecule has 1 atom stereocenters. The molecule has 1 unspecified atom stereocenters. The maximum absolute atomic E-state index is 8.80. The summed E-state index contributed by atoms with van der Waals surface area (Å²) in [6.45, 7) is 3.04. The Labute approximate surface area is 92.6 Å². The first kappa shape index (κ1) is 11.8. The Bertz CT molecular complexity index is 262. The first-order valence-corrected chi connectivity index (χ1v) is 5.64. The van der Waals surface area contributed by atoms with Crippen LogP contribution in [0.2, 0.25) is 0 Å². The van der Waals surface area contributed by atoms with Gasteiger partial charge in [0, 0.05) is 12.6 Å². The second-order valence-electron chi connectivity index (χ2n) is 3.20. The zero-order valence-electron chi connectivity index (χ0n) is 8.29. The van der Waals surface area contributed by atoms with Crippen LogP contribution >= 0.6 is 15.9 Å². The van der Waals surface area contributed by atoms with Gasteiger partial charge in [0.2, 0.25) is 0 Å². The topological polar surface area (TPSA) is 45.4 Å². The van der Waals surface area contributed by atoms with Crippen molar-refractivity contribution in [1.29, 1.82) is 0 Å². The third-order valence-corrected chi connectivity index (χ3v) is 2.59. The fourth-order valence-electron chi connectivity index (χ4n) is 1.30. The van der Waals surface area contributed by atoms with E-state index in [1.54, 1.807) is 0 Å². The summed E-state index contributed by atoms with van der Waals surface area (Å²) in [5, 5.41) is 12.1. The highest BCUT2D eigenvalue weighted by molar-refractivity contribution is 9.10. The molecule has 0 saturated carbocycles. The van der Waals surface area contributed by atoms with Crippen molar-refractivity contribution in [3.63, 3.8) is 0 Å². The molecule has 2 N–H and O–H groups in total. The SMILES string of the molecule is CCC(CCO)NCc1ccc(Br)o1. The van der Waals surface area contributed by atoms with Crippen molar-refractivity contribution in [3.8, 4) is 0 Å². The fourth-order valence-corrected chi connectivity index (χ4v) is 1.64. The summed E-state index contributed by atoms with van der Waals surface area (Å²) in [4.78, 5) is 0. The van der Waals surface area contributed by atoms with Gasteiger partial charge in [-0.2, -0.15) is 0 Å². The van der Waals surface area contributed by atoms with Crippen LogP contribution in [0.15, 0.2) is 21.2 Å². The molecule has 1 heterocycles. The maximum atomic E-state index is 8.80. The Morgan fingerprint density at radius 2 is 2.36 bits per heavy atom. The number of aliphatic hydroxyl groups excluding tert-OH is 1. The van der Waals surface area contributed by atoms with E-state index in [1.807, 2.05) is 12.1 Å². The largest absolute Gasteiger partial charge is 0.453 e. The molecular weight excluding hydrogens is 246 g/mol. The van der Waals surface area contributed by atoms with Crippen LogP contribution in [0.25, 0.3) is 0 Å². The van der Waals surface area contributed by atoms with E-state index in [9.17, 15) is 0 Å². The molecule has 0 amide bonds. The van der Waals surface area contributed by atoms with Crippen LogP contribution < -0.4 is 5.32 Å². The number of aliphatic hydroxyl groups is 1. The highest BCUT2D eigenvalue weighted by Crippen LogP contribution is 2.14. The minimum Gasteiger partial charge on any atom is -0.453 e. The van der Waals surface area contributed by atoms with Gasteiger partial charge in [-0.3, -0.25) is 0 Å². The summed E-state index contributed by atoms with van der Waals surface area (Å²) in [6, 6.07) is 4.18. The van der Waals surface area contributed by atoms with E-state index >= 15 is 0 Å². The van der Waals surface area contributed by atoms with Crippen molar-refractivity contribution in [2.45, 2.75) is 32.4 Å². The van der Waals surface area contributed by atoms with Crippen LogP contribution in [-0.4, -0.2) is 17.8 Å². The molecule has 0 aromatic carbocycles.